The number of para-hydroxylation sites is 1. The molecule has 7 nitrogen and oxygen atoms in total. The van der Waals surface area contributed by atoms with Gasteiger partial charge in [-0.05, 0) is 35.6 Å². The summed E-state index contributed by atoms with van der Waals surface area (Å²) in [4.78, 5) is 18.8. The van der Waals surface area contributed by atoms with Gasteiger partial charge in [-0.1, -0.05) is 55.1 Å². The van der Waals surface area contributed by atoms with Crippen LogP contribution in [0.3, 0.4) is 0 Å². The number of aromatic nitrogens is 3. The lowest BCUT2D eigenvalue weighted by molar-refractivity contribution is -0.117. The molecule has 0 spiro atoms. The lowest BCUT2D eigenvalue weighted by atomic mass is 10.1. The van der Waals surface area contributed by atoms with Crippen LogP contribution in [0.25, 0.3) is 17.3 Å². The summed E-state index contributed by atoms with van der Waals surface area (Å²) in [7, 11) is 1.63. The van der Waals surface area contributed by atoms with Crippen LogP contribution < -0.4 is 14.4 Å². The van der Waals surface area contributed by atoms with Gasteiger partial charge in [0.15, 0.2) is 11.9 Å². The zero-order valence-electron chi connectivity index (χ0n) is 17.5. The molecule has 158 valence electrons. The SMILES string of the molecule is CCSc1nnc2c(n1)O[C@H](/C=C/c1ccc(OC)cc1)N(C(C)=O)c1ccccc1-2. The zero-order chi connectivity index (χ0) is 21.8. The highest BCUT2D eigenvalue weighted by molar-refractivity contribution is 7.99. The van der Waals surface area contributed by atoms with Crippen molar-refractivity contribution in [2.75, 3.05) is 17.8 Å². The number of hydrogen-bond acceptors (Lipinski definition) is 7. The molecule has 8 heteroatoms. The number of amides is 1. The fourth-order valence-corrected chi connectivity index (χ4v) is 3.81. The molecular formula is C23H22N4O3S. The average Bonchev–Trinajstić information content (AvgIpc) is 2.92. The van der Waals surface area contributed by atoms with Crippen molar-refractivity contribution in [2.24, 2.45) is 0 Å². The van der Waals surface area contributed by atoms with E-state index in [1.807, 2.05) is 67.6 Å². The summed E-state index contributed by atoms with van der Waals surface area (Å²) < 4.78 is 11.4. The standard InChI is InChI=1S/C23H22N4O3S/c1-4-31-23-24-22-21(25-26-23)18-7-5-6-8-19(18)27(15(2)28)20(30-22)14-11-16-9-12-17(29-3)13-10-16/h5-14,20H,4H2,1-3H3/b14-11+/t20-/m1/s1. The van der Waals surface area contributed by atoms with Crippen molar-refractivity contribution < 1.29 is 14.3 Å². The van der Waals surface area contributed by atoms with E-state index in [2.05, 4.69) is 15.2 Å². The smallest absolute Gasteiger partial charge is 0.247 e. The number of fused-ring (bicyclic) bond motifs is 3. The molecule has 1 atom stereocenters. The zero-order valence-corrected chi connectivity index (χ0v) is 18.3. The molecule has 0 N–H and O–H groups in total. The molecule has 0 radical (unpaired) electrons. The highest BCUT2D eigenvalue weighted by Crippen LogP contribution is 2.39. The van der Waals surface area contributed by atoms with Crippen LogP contribution >= 0.6 is 11.8 Å². The quantitative estimate of drug-likeness (QED) is 0.549. The molecule has 4 rings (SSSR count). The number of ether oxygens (including phenoxy) is 2. The van der Waals surface area contributed by atoms with Crippen molar-refractivity contribution in [3.8, 4) is 22.9 Å². The van der Waals surface area contributed by atoms with Crippen LogP contribution in [0.1, 0.15) is 19.4 Å². The molecule has 0 bridgehead atoms. The Kier molecular flexibility index (Phi) is 6.18. The topological polar surface area (TPSA) is 77.4 Å². The Morgan fingerprint density at radius 1 is 1.19 bits per heavy atom. The molecule has 0 fully saturated rings. The first-order chi connectivity index (χ1) is 15.1. The minimum Gasteiger partial charge on any atom is -0.497 e. The molecule has 0 saturated carbocycles. The van der Waals surface area contributed by atoms with Crippen LogP contribution in [-0.2, 0) is 4.79 Å². The maximum atomic E-state index is 12.7. The summed E-state index contributed by atoms with van der Waals surface area (Å²) in [6.07, 6.45) is 3.05. The Hall–Kier alpha value is -3.39. The second-order valence-electron chi connectivity index (χ2n) is 6.73. The second kappa shape index (κ2) is 9.18. The first-order valence-electron chi connectivity index (χ1n) is 9.86. The van der Waals surface area contributed by atoms with Gasteiger partial charge < -0.3 is 9.47 Å². The number of rotatable bonds is 5. The minimum absolute atomic E-state index is 0.152. The molecule has 1 aromatic heterocycles. The van der Waals surface area contributed by atoms with Gasteiger partial charge in [0.2, 0.25) is 16.9 Å². The van der Waals surface area contributed by atoms with Crippen LogP contribution in [0, 0.1) is 0 Å². The van der Waals surface area contributed by atoms with Crippen LogP contribution in [0.15, 0.2) is 59.8 Å². The van der Waals surface area contributed by atoms with Gasteiger partial charge in [-0.2, -0.15) is 4.98 Å². The van der Waals surface area contributed by atoms with Crippen molar-refractivity contribution in [1.29, 1.82) is 0 Å². The lowest BCUT2D eigenvalue weighted by Gasteiger charge is -2.27. The van der Waals surface area contributed by atoms with Gasteiger partial charge in [-0.15, -0.1) is 10.2 Å². The van der Waals surface area contributed by atoms with E-state index < -0.39 is 6.23 Å². The van der Waals surface area contributed by atoms with Crippen LogP contribution in [0.5, 0.6) is 11.6 Å². The Labute approximate surface area is 185 Å². The summed E-state index contributed by atoms with van der Waals surface area (Å²) >= 11 is 1.48. The van der Waals surface area contributed by atoms with Crippen LogP contribution in [0.4, 0.5) is 5.69 Å². The molecule has 1 aliphatic rings. The number of anilines is 1. The van der Waals surface area contributed by atoms with Crippen LogP contribution in [-0.4, -0.2) is 40.2 Å². The monoisotopic (exact) mass is 434 g/mol. The van der Waals surface area contributed by atoms with E-state index in [9.17, 15) is 4.79 Å². The molecular weight excluding hydrogens is 412 g/mol. The molecule has 0 saturated heterocycles. The summed E-state index contributed by atoms with van der Waals surface area (Å²) in [6, 6.07) is 15.2. The van der Waals surface area contributed by atoms with Gasteiger partial charge in [0.05, 0.1) is 12.8 Å². The number of thioether (sulfide) groups is 1. The molecule has 0 aliphatic carbocycles. The van der Waals surface area contributed by atoms with E-state index >= 15 is 0 Å². The Morgan fingerprint density at radius 3 is 2.68 bits per heavy atom. The van der Waals surface area contributed by atoms with Crippen molar-refractivity contribution in [1.82, 2.24) is 15.2 Å². The third-order valence-corrected chi connectivity index (χ3v) is 5.44. The van der Waals surface area contributed by atoms with E-state index in [1.54, 1.807) is 12.0 Å². The highest BCUT2D eigenvalue weighted by atomic mass is 32.2. The number of carbonyl (C=O) groups is 1. The molecule has 1 amide bonds. The van der Waals surface area contributed by atoms with Gasteiger partial charge in [0.25, 0.3) is 0 Å². The van der Waals surface area contributed by atoms with Crippen molar-refractivity contribution in [3.63, 3.8) is 0 Å². The van der Waals surface area contributed by atoms with Gasteiger partial charge in [-0.3, -0.25) is 9.69 Å². The van der Waals surface area contributed by atoms with Gasteiger partial charge in [0, 0.05) is 12.5 Å². The predicted molar refractivity (Wildman–Crippen MR) is 121 cm³/mol. The number of hydrogen-bond donors (Lipinski definition) is 0. The average molecular weight is 435 g/mol. The fraction of sp³-hybridized carbons (Fsp3) is 0.217. The number of nitrogens with zero attached hydrogens (tertiary/aromatic N) is 4. The lowest BCUT2D eigenvalue weighted by Crippen LogP contribution is -2.41. The first kappa shape index (κ1) is 20.9. The third kappa shape index (κ3) is 4.39. The molecule has 2 heterocycles. The van der Waals surface area contributed by atoms with Gasteiger partial charge >= 0.3 is 0 Å². The molecule has 2 aromatic carbocycles. The number of carbonyl (C=O) groups excluding carboxylic acids is 1. The second-order valence-corrected chi connectivity index (χ2v) is 7.96. The van der Waals surface area contributed by atoms with E-state index in [4.69, 9.17) is 9.47 Å². The minimum atomic E-state index is -0.696. The van der Waals surface area contributed by atoms with E-state index in [-0.39, 0.29) is 5.91 Å². The predicted octanol–water partition coefficient (Wildman–Crippen LogP) is 4.44. The third-order valence-electron chi connectivity index (χ3n) is 4.72. The molecule has 1 aliphatic heterocycles. The Morgan fingerprint density at radius 2 is 1.97 bits per heavy atom. The van der Waals surface area contributed by atoms with Gasteiger partial charge in [0.1, 0.15) is 5.75 Å². The summed E-state index contributed by atoms with van der Waals surface area (Å²) in [6.45, 7) is 3.54. The number of methoxy groups -OCH3 is 1. The van der Waals surface area contributed by atoms with Crippen molar-refractivity contribution >= 4 is 29.4 Å². The van der Waals surface area contributed by atoms with Crippen LogP contribution in [0.2, 0.25) is 0 Å². The van der Waals surface area contributed by atoms with Crippen molar-refractivity contribution in [3.05, 3.63) is 60.2 Å². The Balaban J connectivity index is 1.79. The fourth-order valence-electron chi connectivity index (χ4n) is 3.31. The largest absolute Gasteiger partial charge is 0.497 e. The summed E-state index contributed by atoms with van der Waals surface area (Å²) in [5.74, 6) is 1.80. The Bertz CT molecular complexity index is 1120. The van der Waals surface area contributed by atoms with Gasteiger partial charge in [-0.25, -0.2) is 0 Å². The van der Waals surface area contributed by atoms with E-state index in [1.165, 1.54) is 18.7 Å². The maximum Gasteiger partial charge on any atom is 0.247 e. The summed E-state index contributed by atoms with van der Waals surface area (Å²) in [5.41, 5.74) is 2.92. The van der Waals surface area contributed by atoms with Crippen molar-refractivity contribution in [2.45, 2.75) is 25.2 Å². The number of benzene rings is 2. The molecule has 0 unspecified atom stereocenters. The van der Waals surface area contributed by atoms with E-state index in [0.29, 0.717) is 22.4 Å². The maximum absolute atomic E-state index is 12.7. The normalized spacial score (nSPS) is 15.1. The molecule has 31 heavy (non-hydrogen) atoms. The van der Waals surface area contributed by atoms with E-state index in [0.717, 1.165) is 22.6 Å². The summed E-state index contributed by atoms with van der Waals surface area (Å²) in [5, 5.41) is 9.12. The highest BCUT2D eigenvalue weighted by Gasteiger charge is 2.32. The molecule has 3 aromatic rings. The first-order valence-corrected chi connectivity index (χ1v) is 10.8.